The number of nitrogens with two attached hydrogens (primary N) is 1. The lowest BCUT2D eigenvalue weighted by Gasteiger charge is -2.26. The number of ether oxygens (including phenoxy) is 2. The molecule has 0 radical (unpaired) electrons. The molecule has 0 spiro atoms. The van der Waals surface area contributed by atoms with Crippen LogP contribution in [0.2, 0.25) is 0 Å². The zero-order valence-corrected chi connectivity index (χ0v) is 22.6. The third-order valence-corrected chi connectivity index (χ3v) is 5.41. The number of primary amides is 1. The summed E-state index contributed by atoms with van der Waals surface area (Å²) in [5, 5.41) is 7.58. The minimum absolute atomic E-state index is 0.0629. The molecular weight excluding hydrogens is 504 g/mol. The molecule has 11 heteroatoms. The van der Waals surface area contributed by atoms with Gasteiger partial charge in [0.15, 0.2) is 0 Å². The predicted octanol–water partition coefficient (Wildman–Crippen LogP) is 1.38. The van der Waals surface area contributed by atoms with Gasteiger partial charge in [-0.3, -0.25) is 14.4 Å². The Morgan fingerprint density at radius 3 is 1.67 bits per heavy atom. The summed E-state index contributed by atoms with van der Waals surface area (Å²) in [6.07, 6.45) is -1.23. The molecule has 0 aliphatic rings. The molecule has 39 heavy (non-hydrogen) atoms. The van der Waals surface area contributed by atoms with Crippen LogP contribution < -0.4 is 21.7 Å². The maximum atomic E-state index is 13.4. The van der Waals surface area contributed by atoms with Crippen LogP contribution in [-0.4, -0.2) is 60.6 Å². The maximum Gasteiger partial charge on any atom is 0.408 e. The van der Waals surface area contributed by atoms with Crippen LogP contribution >= 0.6 is 0 Å². The fourth-order valence-corrected chi connectivity index (χ4v) is 3.65. The van der Waals surface area contributed by atoms with E-state index in [9.17, 15) is 24.0 Å². The molecule has 0 aromatic heterocycles. The predicted molar refractivity (Wildman–Crippen MR) is 143 cm³/mol. The Hall–Kier alpha value is -4.41. The van der Waals surface area contributed by atoms with E-state index >= 15 is 0 Å². The van der Waals surface area contributed by atoms with Gasteiger partial charge in [0.1, 0.15) is 23.7 Å². The molecule has 2 rings (SSSR count). The van der Waals surface area contributed by atoms with Crippen LogP contribution in [-0.2, 0) is 41.5 Å². The average molecular weight is 541 g/mol. The summed E-state index contributed by atoms with van der Waals surface area (Å²) in [7, 11) is 1.21. The lowest BCUT2D eigenvalue weighted by molar-refractivity contribution is -0.145. The highest BCUT2D eigenvalue weighted by molar-refractivity contribution is 5.95. The van der Waals surface area contributed by atoms with E-state index in [4.69, 9.17) is 15.2 Å². The highest BCUT2D eigenvalue weighted by atomic mass is 16.6. The number of carbonyl (C=O) groups excluding carboxylic acids is 5. The maximum absolute atomic E-state index is 13.4. The van der Waals surface area contributed by atoms with E-state index in [0.29, 0.717) is 0 Å². The van der Waals surface area contributed by atoms with E-state index in [1.807, 2.05) is 18.2 Å². The number of esters is 1. The highest BCUT2D eigenvalue weighted by Gasteiger charge is 2.32. The van der Waals surface area contributed by atoms with Crippen molar-refractivity contribution in [1.29, 1.82) is 0 Å². The van der Waals surface area contributed by atoms with Gasteiger partial charge in [-0.25, -0.2) is 9.59 Å². The Morgan fingerprint density at radius 1 is 0.744 bits per heavy atom. The third kappa shape index (κ3) is 11.2. The first-order valence-electron chi connectivity index (χ1n) is 12.4. The second-order valence-corrected chi connectivity index (χ2v) is 9.89. The van der Waals surface area contributed by atoms with Crippen molar-refractivity contribution in [2.75, 3.05) is 7.11 Å². The van der Waals surface area contributed by atoms with Crippen LogP contribution in [0.4, 0.5) is 4.79 Å². The number of hydrogen-bond donors (Lipinski definition) is 4. The first kappa shape index (κ1) is 30.8. The van der Waals surface area contributed by atoms with Gasteiger partial charge in [-0.2, -0.15) is 0 Å². The number of benzene rings is 2. The molecule has 11 nitrogen and oxygen atoms in total. The summed E-state index contributed by atoms with van der Waals surface area (Å²) in [4.78, 5) is 63.0. The fourth-order valence-electron chi connectivity index (χ4n) is 3.65. The van der Waals surface area contributed by atoms with Crippen LogP contribution in [0.25, 0.3) is 0 Å². The minimum Gasteiger partial charge on any atom is -0.467 e. The summed E-state index contributed by atoms with van der Waals surface area (Å²) in [5.41, 5.74) is 5.96. The van der Waals surface area contributed by atoms with Crippen LogP contribution in [0.1, 0.15) is 38.3 Å². The first-order valence-corrected chi connectivity index (χ1v) is 12.4. The molecule has 0 saturated carbocycles. The van der Waals surface area contributed by atoms with E-state index < -0.39 is 59.9 Å². The number of rotatable bonds is 12. The zero-order valence-electron chi connectivity index (χ0n) is 22.6. The van der Waals surface area contributed by atoms with Gasteiger partial charge in [0, 0.05) is 12.8 Å². The van der Waals surface area contributed by atoms with Gasteiger partial charge in [-0.05, 0) is 31.9 Å². The molecule has 0 bridgehead atoms. The molecule has 2 aromatic rings. The van der Waals surface area contributed by atoms with Crippen molar-refractivity contribution < 1.29 is 33.4 Å². The van der Waals surface area contributed by atoms with Crippen molar-refractivity contribution in [2.24, 2.45) is 5.73 Å². The van der Waals surface area contributed by atoms with Crippen molar-refractivity contribution >= 4 is 29.8 Å². The number of hydrogen-bond acceptors (Lipinski definition) is 7. The van der Waals surface area contributed by atoms with Gasteiger partial charge in [0.25, 0.3) is 0 Å². The summed E-state index contributed by atoms with van der Waals surface area (Å²) in [6, 6.07) is 14.4. The second-order valence-electron chi connectivity index (χ2n) is 9.89. The van der Waals surface area contributed by atoms with E-state index in [-0.39, 0.29) is 12.8 Å². The van der Waals surface area contributed by atoms with Gasteiger partial charge in [0.2, 0.25) is 17.7 Å². The number of nitrogens with one attached hydrogen (secondary N) is 3. The van der Waals surface area contributed by atoms with Crippen molar-refractivity contribution in [3.05, 3.63) is 71.8 Å². The second kappa shape index (κ2) is 14.5. The SMILES string of the molecule is COC(=O)[C@H](Cc1ccccc1)NC(=O)[C@H](Cc1ccccc1)NC(=O)[C@H](CC(N)=O)NC(=O)OC(C)(C)C. The summed E-state index contributed by atoms with van der Waals surface area (Å²) < 4.78 is 10.1. The molecule has 0 heterocycles. The third-order valence-electron chi connectivity index (χ3n) is 5.41. The Balaban J connectivity index is 2.27. The van der Waals surface area contributed by atoms with Crippen LogP contribution in [0.3, 0.4) is 0 Å². The van der Waals surface area contributed by atoms with E-state index in [2.05, 4.69) is 16.0 Å². The summed E-state index contributed by atoms with van der Waals surface area (Å²) >= 11 is 0. The topological polar surface area (TPSA) is 166 Å². The standard InChI is InChI=1S/C28H36N4O7/c1-28(2,3)39-27(37)32-21(17-23(29)33)25(35)30-20(15-18-11-7-5-8-12-18)24(34)31-22(26(36)38-4)16-19-13-9-6-10-14-19/h5-14,20-22H,15-17H2,1-4H3,(H2,29,33)(H,30,35)(H,31,34)(H,32,37)/t20-,21-,22-/m0/s1. The summed E-state index contributed by atoms with van der Waals surface area (Å²) in [6.45, 7) is 4.93. The lowest BCUT2D eigenvalue weighted by atomic mass is 10.0. The molecule has 210 valence electrons. The quantitative estimate of drug-likeness (QED) is 0.295. The normalized spacial score (nSPS) is 13.2. The molecule has 0 aliphatic carbocycles. The molecule has 0 fully saturated rings. The van der Waals surface area contributed by atoms with E-state index in [0.717, 1.165) is 11.1 Å². The number of amides is 4. The van der Waals surface area contributed by atoms with E-state index in [1.54, 1.807) is 63.2 Å². The molecular formula is C28H36N4O7. The molecule has 0 saturated heterocycles. The van der Waals surface area contributed by atoms with Gasteiger partial charge in [-0.15, -0.1) is 0 Å². The van der Waals surface area contributed by atoms with Gasteiger partial charge in [0.05, 0.1) is 13.5 Å². The fraction of sp³-hybridized carbons (Fsp3) is 0.393. The van der Waals surface area contributed by atoms with Gasteiger partial charge in [-0.1, -0.05) is 60.7 Å². The molecule has 2 aromatic carbocycles. The van der Waals surface area contributed by atoms with E-state index in [1.165, 1.54) is 7.11 Å². The Bertz CT molecular complexity index is 1130. The van der Waals surface area contributed by atoms with Crippen LogP contribution in [0, 0.1) is 0 Å². The Kier molecular flexibility index (Phi) is 11.5. The number of methoxy groups -OCH3 is 1. The zero-order chi connectivity index (χ0) is 29.0. The van der Waals surface area contributed by atoms with Crippen LogP contribution in [0.5, 0.6) is 0 Å². The van der Waals surface area contributed by atoms with Gasteiger partial charge >= 0.3 is 12.1 Å². The molecule has 3 atom stereocenters. The smallest absolute Gasteiger partial charge is 0.408 e. The Labute approximate surface area is 227 Å². The minimum atomic E-state index is -1.40. The largest absolute Gasteiger partial charge is 0.467 e. The molecule has 0 unspecified atom stereocenters. The number of carbonyl (C=O) groups is 5. The Morgan fingerprint density at radius 2 is 1.21 bits per heavy atom. The van der Waals surface area contributed by atoms with Crippen molar-refractivity contribution in [3.63, 3.8) is 0 Å². The molecule has 0 aliphatic heterocycles. The average Bonchev–Trinajstić information content (AvgIpc) is 2.86. The van der Waals surface area contributed by atoms with Crippen molar-refractivity contribution in [3.8, 4) is 0 Å². The van der Waals surface area contributed by atoms with Gasteiger partial charge < -0.3 is 31.2 Å². The highest BCUT2D eigenvalue weighted by Crippen LogP contribution is 2.10. The first-order chi connectivity index (χ1) is 18.4. The monoisotopic (exact) mass is 540 g/mol. The van der Waals surface area contributed by atoms with Crippen molar-refractivity contribution in [1.82, 2.24) is 16.0 Å². The number of alkyl carbamates (subject to hydrolysis) is 1. The van der Waals surface area contributed by atoms with Crippen LogP contribution in [0.15, 0.2) is 60.7 Å². The molecule has 5 N–H and O–H groups in total. The summed E-state index contributed by atoms with van der Waals surface area (Å²) in [5.74, 6) is -2.99. The van der Waals surface area contributed by atoms with Crippen molar-refractivity contribution in [2.45, 2.75) is 63.8 Å². The lowest BCUT2D eigenvalue weighted by Crippen LogP contribution is -2.57. The molecule has 4 amide bonds.